The van der Waals surface area contributed by atoms with Gasteiger partial charge in [-0.15, -0.1) is 0 Å². The van der Waals surface area contributed by atoms with Gasteiger partial charge in [0.2, 0.25) is 0 Å². The monoisotopic (exact) mass is 348 g/mol. The minimum absolute atomic E-state index is 0.00234. The quantitative estimate of drug-likeness (QED) is 0.663. The van der Waals surface area contributed by atoms with Crippen molar-refractivity contribution >= 4 is 23.0 Å². The SMILES string of the molecule is Cc1nc(Nc2ccc(F)cc2F)cc(Nc2c(F)cccc2F)n1. The maximum atomic E-state index is 13.7. The summed E-state index contributed by atoms with van der Waals surface area (Å²) in [6.07, 6.45) is 0. The third kappa shape index (κ3) is 3.85. The van der Waals surface area contributed by atoms with Gasteiger partial charge in [-0.2, -0.15) is 0 Å². The van der Waals surface area contributed by atoms with Crippen LogP contribution in [-0.4, -0.2) is 9.97 Å². The summed E-state index contributed by atoms with van der Waals surface area (Å²) in [5.41, 5.74) is -0.359. The van der Waals surface area contributed by atoms with Gasteiger partial charge in [0, 0.05) is 12.1 Å². The smallest absolute Gasteiger partial charge is 0.149 e. The van der Waals surface area contributed by atoms with Crippen molar-refractivity contribution in [1.82, 2.24) is 9.97 Å². The predicted octanol–water partition coefficient (Wildman–Crippen LogP) is 4.83. The fourth-order valence-electron chi connectivity index (χ4n) is 2.17. The molecular weight excluding hydrogens is 336 g/mol. The molecule has 2 aromatic carbocycles. The average molecular weight is 348 g/mol. The molecule has 1 aromatic heterocycles. The molecule has 0 bridgehead atoms. The standard InChI is InChI=1S/C17H12F4N4/c1-9-22-15(24-14-6-5-10(18)7-13(14)21)8-16(23-9)25-17-11(19)3-2-4-12(17)20/h2-8H,1H3,(H2,22,23,24,25). The zero-order chi connectivity index (χ0) is 18.0. The lowest BCUT2D eigenvalue weighted by molar-refractivity contribution is 0.586. The molecular formula is C17H12F4N4. The van der Waals surface area contributed by atoms with E-state index in [-0.39, 0.29) is 28.8 Å². The van der Waals surface area contributed by atoms with Crippen LogP contribution in [0.25, 0.3) is 0 Å². The molecule has 2 N–H and O–H groups in total. The third-order valence-electron chi connectivity index (χ3n) is 3.25. The average Bonchev–Trinajstić information content (AvgIpc) is 2.53. The van der Waals surface area contributed by atoms with Crippen molar-refractivity contribution in [2.24, 2.45) is 0 Å². The number of anilines is 4. The zero-order valence-electron chi connectivity index (χ0n) is 12.9. The predicted molar refractivity (Wildman–Crippen MR) is 86.1 cm³/mol. The Bertz CT molecular complexity index is 910. The summed E-state index contributed by atoms with van der Waals surface area (Å²) in [7, 11) is 0. The Morgan fingerprint density at radius 2 is 1.40 bits per heavy atom. The lowest BCUT2D eigenvalue weighted by Crippen LogP contribution is -2.04. The van der Waals surface area contributed by atoms with Gasteiger partial charge in [0.1, 0.15) is 46.4 Å². The highest BCUT2D eigenvalue weighted by atomic mass is 19.1. The van der Waals surface area contributed by atoms with Crippen LogP contribution in [-0.2, 0) is 0 Å². The molecule has 0 saturated carbocycles. The summed E-state index contributed by atoms with van der Waals surface area (Å²) in [5.74, 6) is -2.50. The molecule has 0 aliphatic rings. The van der Waals surface area contributed by atoms with Crippen molar-refractivity contribution in [2.45, 2.75) is 6.92 Å². The molecule has 0 spiro atoms. The molecule has 0 aliphatic carbocycles. The molecule has 8 heteroatoms. The van der Waals surface area contributed by atoms with Gasteiger partial charge in [0.05, 0.1) is 5.69 Å². The molecule has 3 rings (SSSR count). The van der Waals surface area contributed by atoms with Gasteiger partial charge in [-0.05, 0) is 31.2 Å². The van der Waals surface area contributed by atoms with Crippen molar-refractivity contribution in [1.29, 1.82) is 0 Å². The Hall–Kier alpha value is -3.16. The lowest BCUT2D eigenvalue weighted by Gasteiger charge is -2.11. The normalized spacial score (nSPS) is 10.6. The van der Waals surface area contributed by atoms with E-state index in [1.807, 2.05) is 0 Å². The first kappa shape index (κ1) is 16.7. The van der Waals surface area contributed by atoms with Crippen LogP contribution in [0.1, 0.15) is 5.82 Å². The Morgan fingerprint density at radius 3 is 2.04 bits per heavy atom. The van der Waals surface area contributed by atoms with Crippen molar-refractivity contribution in [2.75, 3.05) is 10.6 Å². The van der Waals surface area contributed by atoms with Crippen LogP contribution in [0.5, 0.6) is 0 Å². The van der Waals surface area contributed by atoms with E-state index < -0.39 is 23.3 Å². The number of aryl methyl sites for hydroxylation is 1. The van der Waals surface area contributed by atoms with Gasteiger partial charge in [0.25, 0.3) is 0 Å². The summed E-state index contributed by atoms with van der Waals surface area (Å²) in [6.45, 7) is 1.56. The van der Waals surface area contributed by atoms with Gasteiger partial charge < -0.3 is 10.6 Å². The fourth-order valence-corrected chi connectivity index (χ4v) is 2.17. The first-order valence-electron chi connectivity index (χ1n) is 7.21. The number of benzene rings is 2. The van der Waals surface area contributed by atoms with Crippen molar-refractivity contribution in [3.05, 3.63) is 71.6 Å². The molecule has 25 heavy (non-hydrogen) atoms. The Labute approximate surface area is 140 Å². The molecule has 0 amide bonds. The Balaban J connectivity index is 1.90. The summed E-state index contributed by atoms with van der Waals surface area (Å²) in [6, 6.07) is 7.83. The summed E-state index contributed by atoms with van der Waals surface area (Å²) in [4.78, 5) is 8.11. The molecule has 0 saturated heterocycles. The molecule has 0 unspecified atom stereocenters. The highest BCUT2D eigenvalue weighted by molar-refractivity contribution is 5.64. The number of halogens is 4. The molecule has 1 heterocycles. The number of hydrogen-bond donors (Lipinski definition) is 2. The summed E-state index contributed by atoms with van der Waals surface area (Å²) >= 11 is 0. The van der Waals surface area contributed by atoms with Crippen LogP contribution in [0.2, 0.25) is 0 Å². The number of hydrogen-bond acceptors (Lipinski definition) is 4. The lowest BCUT2D eigenvalue weighted by atomic mass is 10.3. The van der Waals surface area contributed by atoms with Gasteiger partial charge in [0.15, 0.2) is 0 Å². The second-order valence-electron chi connectivity index (χ2n) is 5.16. The first-order valence-corrected chi connectivity index (χ1v) is 7.21. The third-order valence-corrected chi connectivity index (χ3v) is 3.25. The molecule has 4 nitrogen and oxygen atoms in total. The highest BCUT2D eigenvalue weighted by Crippen LogP contribution is 2.25. The number of nitrogens with one attached hydrogen (secondary N) is 2. The van der Waals surface area contributed by atoms with Crippen LogP contribution in [0, 0.1) is 30.2 Å². The van der Waals surface area contributed by atoms with E-state index in [0.717, 1.165) is 24.3 Å². The van der Waals surface area contributed by atoms with Crippen molar-refractivity contribution in [3.8, 4) is 0 Å². The van der Waals surface area contributed by atoms with E-state index in [2.05, 4.69) is 20.6 Å². The molecule has 128 valence electrons. The van der Waals surface area contributed by atoms with Gasteiger partial charge >= 0.3 is 0 Å². The highest BCUT2D eigenvalue weighted by Gasteiger charge is 2.11. The van der Waals surface area contributed by atoms with Gasteiger partial charge in [-0.3, -0.25) is 0 Å². The van der Waals surface area contributed by atoms with Crippen LogP contribution < -0.4 is 10.6 Å². The zero-order valence-corrected chi connectivity index (χ0v) is 12.9. The maximum Gasteiger partial charge on any atom is 0.149 e. The van der Waals surface area contributed by atoms with E-state index in [4.69, 9.17) is 0 Å². The Kier molecular flexibility index (Phi) is 4.51. The van der Waals surface area contributed by atoms with E-state index in [1.165, 1.54) is 18.2 Å². The van der Waals surface area contributed by atoms with Crippen LogP contribution in [0.4, 0.5) is 40.6 Å². The topological polar surface area (TPSA) is 49.8 Å². The molecule has 0 atom stereocenters. The van der Waals surface area contributed by atoms with E-state index in [0.29, 0.717) is 0 Å². The van der Waals surface area contributed by atoms with Crippen molar-refractivity contribution < 1.29 is 17.6 Å². The maximum absolute atomic E-state index is 13.7. The summed E-state index contributed by atoms with van der Waals surface area (Å²) in [5, 5.41) is 5.21. The minimum Gasteiger partial charge on any atom is -0.338 e. The fraction of sp³-hybridized carbons (Fsp3) is 0.0588. The largest absolute Gasteiger partial charge is 0.338 e. The van der Waals surface area contributed by atoms with Gasteiger partial charge in [-0.1, -0.05) is 6.07 Å². The molecule has 0 aliphatic heterocycles. The molecule has 0 radical (unpaired) electrons. The van der Waals surface area contributed by atoms with Crippen molar-refractivity contribution in [3.63, 3.8) is 0 Å². The summed E-state index contributed by atoms with van der Waals surface area (Å²) < 4.78 is 54.1. The minimum atomic E-state index is -0.800. The number of rotatable bonds is 4. The number of aromatic nitrogens is 2. The van der Waals surface area contributed by atoms with Gasteiger partial charge in [-0.25, -0.2) is 27.5 Å². The Morgan fingerprint density at radius 1 is 0.760 bits per heavy atom. The van der Waals surface area contributed by atoms with Crippen LogP contribution in [0.3, 0.4) is 0 Å². The van der Waals surface area contributed by atoms with E-state index in [9.17, 15) is 17.6 Å². The molecule has 0 fully saturated rings. The van der Waals surface area contributed by atoms with Crippen LogP contribution in [0.15, 0.2) is 42.5 Å². The number of para-hydroxylation sites is 1. The molecule has 3 aromatic rings. The van der Waals surface area contributed by atoms with Crippen LogP contribution >= 0.6 is 0 Å². The second-order valence-corrected chi connectivity index (χ2v) is 5.16. The van der Waals surface area contributed by atoms with E-state index >= 15 is 0 Å². The number of nitrogens with zero attached hydrogens (tertiary/aromatic N) is 2. The second kappa shape index (κ2) is 6.76. The van der Waals surface area contributed by atoms with E-state index in [1.54, 1.807) is 6.92 Å². The first-order chi connectivity index (χ1) is 11.9.